The number of hydrogen-bond acceptors (Lipinski definition) is 3. The maximum atomic E-state index is 11.3. The quantitative estimate of drug-likeness (QED) is 0.883. The second-order valence-corrected chi connectivity index (χ2v) is 6.77. The van der Waals surface area contributed by atoms with Crippen LogP contribution in [-0.2, 0) is 10.8 Å². The van der Waals surface area contributed by atoms with Gasteiger partial charge in [0.2, 0.25) is 0 Å². The summed E-state index contributed by atoms with van der Waals surface area (Å²) in [5.74, 6) is 1.95. The average Bonchev–Trinajstić information content (AvgIpc) is 2.32. The van der Waals surface area contributed by atoms with Gasteiger partial charge in [0.1, 0.15) is 5.75 Å². The molecule has 1 aromatic carbocycles. The Morgan fingerprint density at radius 3 is 2.67 bits per heavy atom. The third-order valence-electron chi connectivity index (χ3n) is 3.53. The average molecular weight is 267 g/mol. The summed E-state index contributed by atoms with van der Waals surface area (Å²) in [6, 6.07) is 6.33. The second kappa shape index (κ2) is 5.85. The highest BCUT2D eigenvalue weighted by atomic mass is 32.2. The normalized spacial score (nSPS) is 25.9. The van der Waals surface area contributed by atoms with E-state index in [0.717, 1.165) is 35.5 Å². The molecular formula is C14H21NO2S. The molecule has 0 aliphatic carbocycles. The van der Waals surface area contributed by atoms with Crippen molar-refractivity contribution >= 4 is 10.8 Å². The van der Waals surface area contributed by atoms with E-state index in [-0.39, 0.29) is 6.04 Å². The van der Waals surface area contributed by atoms with Crippen molar-refractivity contribution in [2.24, 2.45) is 0 Å². The van der Waals surface area contributed by atoms with E-state index < -0.39 is 10.8 Å². The zero-order valence-electron chi connectivity index (χ0n) is 11.0. The zero-order valence-corrected chi connectivity index (χ0v) is 11.8. The summed E-state index contributed by atoms with van der Waals surface area (Å²) in [6.45, 7) is 4.04. The third kappa shape index (κ3) is 3.33. The van der Waals surface area contributed by atoms with Crippen LogP contribution in [0, 0.1) is 6.92 Å². The molecule has 1 heterocycles. The Kier molecular flexibility index (Phi) is 4.40. The molecule has 1 saturated heterocycles. The molecule has 0 saturated carbocycles. The number of phenolic OH excluding ortho intramolecular Hbond substituents is 1. The molecule has 1 fully saturated rings. The van der Waals surface area contributed by atoms with Crippen molar-refractivity contribution in [2.75, 3.05) is 11.5 Å². The first-order valence-electron chi connectivity index (χ1n) is 6.47. The van der Waals surface area contributed by atoms with Crippen LogP contribution in [0.5, 0.6) is 5.75 Å². The minimum Gasteiger partial charge on any atom is -0.508 e. The van der Waals surface area contributed by atoms with Gasteiger partial charge in [-0.25, -0.2) is 0 Å². The Morgan fingerprint density at radius 2 is 2.06 bits per heavy atom. The van der Waals surface area contributed by atoms with Gasteiger partial charge < -0.3 is 10.4 Å². The topological polar surface area (TPSA) is 49.3 Å². The summed E-state index contributed by atoms with van der Waals surface area (Å²) in [5.41, 5.74) is 2.00. The van der Waals surface area contributed by atoms with Gasteiger partial charge in [0.25, 0.3) is 0 Å². The minimum atomic E-state index is -0.617. The number of nitrogens with one attached hydrogen (secondary N) is 1. The molecule has 18 heavy (non-hydrogen) atoms. The Labute approximate surface area is 111 Å². The molecule has 4 heteroatoms. The molecule has 100 valence electrons. The fraction of sp³-hybridized carbons (Fsp3) is 0.571. The van der Waals surface area contributed by atoms with Gasteiger partial charge >= 0.3 is 0 Å². The Hall–Kier alpha value is -0.870. The summed E-state index contributed by atoms with van der Waals surface area (Å²) in [4.78, 5) is 0. The predicted molar refractivity (Wildman–Crippen MR) is 75.3 cm³/mol. The Morgan fingerprint density at radius 1 is 1.39 bits per heavy atom. The van der Waals surface area contributed by atoms with Crippen LogP contribution in [0.4, 0.5) is 0 Å². The highest BCUT2D eigenvalue weighted by molar-refractivity contribution is 7.85. The summed E-state index contributed by atoms with van der Waals surface area (Å²) >= 11 is 0. The largest absolute Gasteiger partial charge is 0.508 e. The van der Waals surface area contributed by atoms with Gasteiger partial charge in [0.15, 0.2) is 0 Å². The first kappa shape index (κ1) is 13.6. The van der Waals surface area contributed by atoms with E-state index in [1.807, 2.05) is 19.1 Å². The molecular weight excluding hydrogens is 246 g/mol. The van der Waals surface area contributed by atoms with Crippen molar-refractivity contribution in [3.63, 3.8) is 0 Å². The molecule has 1 aromatic rings. The molecule has 0 bridgehead atoms. The van der Waals surface area contributed by atoms with Gasteiger partial charge in [-0.05, 0) is 38.3 Å². The fourth-order valence-corrected chi connectivity index (χ4v) is 3.72. The van der Waals surface area contributed by atoms with Crippen molar-refractivity contribution < 1.29 is 9.32 Å². The molecule has 0 aromatic heterocycles. The Bertz CT molecular complexity index is 437. The molecule has 1 aliphatic heterocycles. The van der Waals surface area contributed by atoms with E-state index in [9.17, 15) is 9.32 Å². The van der Waals surface area contributed by atoms with E-state index >= 15 is 0 Å². The monoisotopic (exact) mass is 267 g/mol. The van der Waals surface area contributed by atoms with Crippen molar-refractivity contribution in [3.8, 4) is 5.75 Å². The van der Waals surface area contributed by atoms with Crippen LogP contribution in [0.25, 0.3) is 0 Å². The van der Waals surface area contributed by atoms with Crippen LogP contribution in [0.1, 0.15) is 36.9 Å². The van der Waals surface area contributed by atoms with Gasteiger partial charge in [0.05, 0.1) is 0 Å². The first-order valence-corrected chi connectivity index (χ1v) is 7.95. The van der Waals surface area contributed by atoms with Crippen molar-refractivity contribution in [2.45, 2.75) is 38.8 Å². The Balaban J connectivity index is 1.98. The zero-order chi connectivity index (χ0) is 13.1. The molecule has 1 unspecified atom stereocenters. The van der Waals surface area contributed by atoms with Crippen molar-refractivity contribution in [3.05, 3.63) is 29.3 Å². The molecule has 0 spiro atoms. The maximum Gasteiger partial charge on any atom is 0.120 e. The number of aryl methyl sites for hydroxylation is 1. The summed E-state index contributed by atoms with van der Waals surface area (Å²) < 4.78 is 11.3. The van der Waals surface area contributed by atoms with Crippen molar-refractivity contribution in [1.29, 1.82) is 0 Å². The standard InChI is InChI=1S/C14H21NO2S/c1-10-3-4-13(14(16)9-10)11(2)15-12-5-7-18(17)8-6-12/h3-4,9,11-12,15-16H,5-8H2,1-2H3. The van der Waals surface area contributed by atoms with E-state index in [4.69, 9.17) is 0 Å². The van der Waals surface area contributed by atoms with Crippen LogP contribution < -0.4 is 5.32 Å². The molecule has 3 nitrogen and oxygen atoms in total. The SMILES string of the molecule is Cc1ccc(C(C)NC2CCS(=O)CC2)c(O)c1. The van der Waals surface area contributed by atoms with Crippen molar-refractivity contribution in [1.82, 2.24) is 5.32 Å². The van der Waals surface area contributed by atoms with Crippen LogP contribution in [0.15, 0.2) is 18.2 Å². The van der Waals surface area contributed by atoms with Crippen LogP contribution in [0.3, 0.4) is 0 Å². The second-order valence-electron chi connectivity index (χ2n) is 5.07. The van der Waals surface area contributed by atoms with Gasteiger partial charge in [0, 0.05) is 40.0 Å². The van der Waals surface area contributed by atoms with E-state index in [2.05, 4.69) is 12.2 Å². The van der Waals surface area contributed by atoms with Gasteiger partial charge in [-0.2, -0.15) is 0 Å². The van der Waals surface area contributed by atoms with E-state index in [1.165, 1.54) is 0 Å². The maximum absolute atomic E-state index is 11.3. The fourth-order valence-electron chi connectivity index (χ4n) is 2.42. The lowest BCUT2D eigenvalue weighted by molar-refractivity contribution is 0.407. The molecule has 2 N–H and O–H groups in total. The highest BCUT2D eigenvalue weighted by Crippen LogP contribution is 2.26. The first-order chi connectivity index (χ1) is 8.56. The molecule has 1 aliphatic rings. The van der Waals surface area contributed by atoms with E-state index in [1.54, 1.807) is 6.07 Å². The molecule has 0 radical (unpaired) electrons. The number of benzene rings is 1. The summed E-state index contributed by atoms with van der Waals surface area (Å²) in [6.07, 6.45) is 1.92. The number of hydrogen-bond donors (Lipinski definition) is 2. The van der Waals surface area contributed by atoms with Gasteiger partial charge in [-0.3, -0.25) is 4.21 Å². The smallest absolute Gasteiger partial charge is 0.120 e. The predicted octanol–water partition coefficient (Wildman–Crippen LogP) is 2.26. The lowest BCUT2D eigenvalue weighted by atomic mass is 10.0. The van der Waals surface area contributed by atoms with Crippen LogP contribution in [-0.4, -0.2) is 26.9 Å². The molecule has 1 atom stereocenters. The van der Waals surface area contributed by atoms with E-state index in [0.29, 0.717) is 11.8 Å². The number of rotatable bonds is 3. The third-order valence-corrected chi connectivity index (χ3v) is 4.91. The highest BCUT2D eigenvalue weighted by Gasteiger charge is 2.20. The lowest BCUT2D eigenvalue weighted by Crippen LogP contribution is -2.37. The molecule has 0 amide bonds. The number of phenols is 1. The van der Waals surface area contributed by atoms with Crippen LogP contribution in [0.2, 0.25) is 0 Å². The lowest BCUT2D eigenvalue weighted by Gasteiger charge is -2.27. The molecule has 2 rings (SSSR count). The van der Waals surface area contributed by atoms with Gasteiger partial charge in [-0.1, -0.05) is 12.1 Å². The van der Waals surface area contributed by atoms with Gasteiger partial charge in [-0.15, -0.1) is 0 Å². The van der Waals surface area contributed by atoms with Crippen LogP contribution >= 0.6 is 0 Å². The summed E-state index contributed by atoms with van der Waals surface area (Å²) in [5, 5.41) is 13.5. The minimum absolute atomic E-state index is 0.127. The summed E-state index contributed by atoms with van der Waals surface area (Å²) in [7, 11) is -0.617. The number of aromatic hydroxyl groups is 1.